The zero-order valence-corrected chi connectivity index (χ0v) is 11.6. The summed E-state index contributed by atoms with van der Waals surface area (Å²) in [4.78, 5) is 21.9. The first-order chi connectivity index (χ1) is 6.50. The van der Waals surface area contributed by atoms with Crippen LogP contribution in [0.5, 0.6) is 0 Å². The van der Waals surface area contributed by atoms with Gasteiger partial charge in [0.05, 0.1) is 5.91 Å². The predicted octanol–water partition coefficient (Wildman–Crippen LogP) is 0.0983. The van der Waals surface area contributed by atoms with Crippen molar-refractivity contribution in [1.82, 2.24) is 0 Å². The molecule has 0 unspecified atom stereocenters. The van der Waals surface area contributed by atoms with E-state index in [4.69, 9.17) is 11.6 Å². The first-order valence-electron chi connectivity index (χ1n) is 4.03. The summed E-state index contributed by atoms with van der Waals surface area (Å²) < 4.78 is 0. The molecular formula is C10H9ClNNaO2. The van der Waals surface area contributed by atoms with Crippen molar-refractivity contribution in [1.29, 1.82) is 0 Å². The van der Waals surface area contributed by atoms with Crippen LogP contribution in [0, 0.1) is 0 Å². The third-order valence-corrected chi connectivity index (χ3v) is 1.85. The molecule has 0 aromatic heterocycles. The Morgan fingerprint density at radius 2 is 1.87 bits per heavy atom. The monoisotopic (exact) mass is 233 g/mol. The van der Waals surface area contributed by atoms with Gasteiger partial charge in [0.15, 0.2) is 5.78 Å². The van der Waals surface area contributed by atoms with Gasteiger partial charge in [-0.25, -0.2) is 0 Å². The second-order valence-electron chi connectivity index (χ2n) is 2.85. The number of carbonyl (C=O) groups excluding carboxylic acids is 2. The largest absolute Gasteiger partial charge is 1.00 e. The number of rotatable bonds is 2. The third-order valence-electron chi connectivity index (χ3n) is 1.62. The topological polar surface area (TPSA) is 48.2 Å². The van der Waals surface area contributed by atoms with Crippen LogP contribution in [0.1, 0.15) is 24.2 Å². The number of amides is 1. The number of Topliss-reactive ketones (excluding diaryl/α,β-unsaturated/α-hetero) is 1. The first-order valence-corrected chi connectivity index (χ1v) is 4.41. The van der Waals surface area contributed by atoms with Gasteiger partial charge in [-0.2, -0.15) is 0 Å². The number of hydrogen-bond donors (Lipinski definition) is 0. The third kappa shape index (κ3) is 4.34. The van der Waals surface area contributed by atoms with E-state index in [9.17, 15) is 9.59 Å². The van der Waals surface area contributed by atoms with Crippen LogP contribution >= 0.6 is 11.6 Å². The van der Waals surface area contributed by atoms with Crippen molar-refractivity contribution in [2.45, 2.75) is 13.8 Å². The van der Waals surface area contributed by atoms with Gasteiger partial charge in [-0.3, -0.25) is 4.79 Å². The van der Waals surface area contributed by atoms with E-state index in [0.29, 0.717) is 16.3 Å². The van der Waals surface area contributed by atoms with Gasteiger partial charge in [0.25, 0.3) is 0 Å². The van der Waals surface area contributed by atoms with Gasteiger partial charge in [-0.15, -0.1) is 5.69 Å². The zero-order chi connectivity index (χ0) is 10.7. The summed E-state index contributed by atoms with van der Waals surface area (Å²) in [6, 6.07) is 4.65. The van der Waals surface area contributed by atoms with Gasteiger partial charge in [0.1, 0.15) is 0 Å². The Labute approximate surface area is 115 Å². The molecule has 0 radical (unpaired) electrons. The van der Waals surface area contributed by atoms with Gasteiger partial charge < -0.3 is 10.1 Å². The van der Waals surface area contributed by atoms with Crippen molar-refractivity contribution >= 4 is 29.0 Å². The summed E-state index contributed by atoms with van der Waals surface area (Å²) in [5, 5.41) is 4.16. The van der Waals surface area contributed by atoms with Gasteiger partial charge in [-0.05, 0) is 26.0 Å². The summed E-state index contributed by atoms with van der Waals surface area (Å²) >= 11 is 5.72. The SMILES string of the molecule is CC(=O)[N-]c1ccc(Cl)cc1C(C)=O.[Na+]. The van der Waals surface area contributed by atoms with E-state index in [0.717, 1.165) is 0 Å². The Morgan fingerprint density at radius 1 is 1.27 bits per heavy atom. The molecular weight excluding hydrogens is 225 g/mol. The smallest absolute Gasteiger partial charge is 0.627 e. The molecule has 15 heavy (non-hydrogen) atoms. The maximum atomic E-state index is 11.2. The fourth-order valence-electron chi connectivity index (χ4n) is 1.06. The molecule has 0 N–H and O–H groups in total. The number of benzene rings is 1. The second-order valence-corrected chi connectivity index (χ2v) is 3.28. The van der Waals surface area contributed by atoms with Crippen LogP contribution < -0.4 is 29.6 Å². The minimum absolute atomic E-state index is 0. The van der Waals surface area contributed by atoms with E-state index in [-0.39, 0.29) is 41.2 Å². The van der Waals surface area contributed by atoms with E-state index < -0.39 is 0 Å². The van der Waals surface area contributed by atoms with Crippen molar-refractivity contribution in [3.8, 4) is 0 Å². The molecule has 0 saturated carbocycles. The van der Waals surface area contributed by atoms with Gasteiger partial charge in [-0.1, -0.05) is 17.7 Å². The molecule has 0 aliphatic carbocycles. The first kappa shape index (κ1) is 14.6. The molecule has 0 aliphatic heterocycles. The van der Waals surface area contributed by atoms with Crippen LogP contribution in [0.3, 0.4) is 0 Å². The average Bonchev–Trinajstić information content (AvgIpc) is 2.07. The molecule has 0 fully saturated rings. The maximum Gasteiger partial charge on any atom is 1.00 e. The Hall–Kier alpha value is -0.350. The Bertz CT molecular complexity index is 393. The van der Waals surface area contributed by atoms with Crippen LogP contribution in [0.15, 0.2) is 18.2 Å². The molecule has 1 aromatic rings. The minimum atomic E-state index is -0.338. The maximum absolute atomic E-state index is 11.2. The van der Waals surface area contributed by atoms with Crippen LogP contribution in [-0.2, 0) is 4.79 Å². The van der Waals surface area contributed by atoms with Crippen molar-refractivity contribution in [3.05, 3.63) is 34.1 Å². The summed E-state index contributed by atoms with van der Waals surface area (Å²) in [5.74, 6) is -0.498. The number of carbonyl (C=O) groups is 2. The fraction of sp³-hybridized carbons (Fsp3) is 0.200. The fourth-order valence-corrected chi connectivity index (χ4v) is 1.23. The van der Waals surface area contributed by atoms with Crippen molar-refractivity contribution in [2.24, 2.45) is 0 Å². The minimum Gasteiger partial charge on any atom is -0.627 e. The molecule has 1 amide bonds. The zero-order valence-electron chi connectivity index (χ0n) is 8.87. The Morgan fingerprint density at radius 3 is 2.33 bits per heavy atom. The molecule has 0 spiro atoms. The van der Waals surface area contributed by atoms with Crippen molar-refractivity contribution in [2.75, 3.05) is 0 Å². The molecule has 0 saturated heterocycles. The van der Waals surface area contributed by atoms with Crippen LogP contribution in [0.25, 0.3) is 5.32 Å². The molecule has 0 heterocycles. The van der Waals surface area contributed by atoms with E-state index in [1.807, 2.05) is 0 Å². The van der Waals surface area contributed by atoms with E-state index in [1.165, 1.54) is 19.9 Å². The summed E-state index contributed by atoms with van der Waals surface area (Å²) in [6.07, 6.45) is 0. The van der Waals surface area contributed by atoms with Gasteiger partial charge in [0.2, 0.25) is 0 Å². The van der Waals surface area contributed by atoms with Gasteiger partial charge in [0, 0.05) is 10.6 Å². The molecule has 0 atom stereocenters. The molecule has 0 bridgehead atoms. The molecule has 5 heteroatoms. The van der Waals surface area contributed by atoms with E-state index in [1.54, 1.807) is 12.1 Å². The Balaban J connectivity index is 0.00000196. The number of halogens is 1. The summed E-state index contributed by atoms with van der Waals surface area (Å²) in [5.41, 5.74) is 0.738. The molecule has 1 rings (SSSR count). The predicted molar refractivity (Wildman–Crippen MR) is 55.2 cm³/mol. The summed E-state index contributed by atoms with van der Waals surface area (Å²) in [6.45, 7) is 2.74. The molecule has 3 nitrogen and oxygen atoms in total. The van der Waals surface area contributed by atoms with Crippen molar-refractivity contribution < 1.29 is 39.1 Å². The number of hydrogen-bond acceptors (Lipinski definition) is 2. The van der Waals surface area contributed by atoms with Crippen LogP contribution in [0.4, 0.5) is 5.69 Å². The molecule has 1 aromatic carbocycles. The van der Waals surface area contributed by atoms with Crippen LogP contribution in [-0.4, -0.2) is 11.7 Å². The molecule has 0 aliphatic rings. The molecule has 74 valence electrons. The standard InChI is InChI=1S/C10H10ClNO2.Na/c1-6(13)9-5-8(11)3-4-10(9)12-7(2)14;/h3-5H,1-2H3,(H,12,13,14);/q;+1/p-1. The quantitative estimate of drug-likeness (QED) is 0.537. The second kappa shape index (κ2) is 6.28. The van der Waals surface area contributed by atoms with Crippen LogP contribution in [0.2, 0.25) is 5.02 Å². The number of nitrogens with zero attached hydrogens (tertiary/aromatic N) is 1. The van der Waals surface area contributed by atoms with Crippen molar-refractivity contribution in [3.63, 3.8) is 0 Å². The Kier molecular flexibility index (Phi) is 6.13. The average molecular weight is 234 g/mol. The van der Waals surface area contributed by atoms with E-state index >= 15 is 0 Å². The summed E-state index contributed by atoms with van der Waals surface area (Å²) in [7, 11) is 0. The number of ketones is 1. The van der Waals surface area contributed by atoms with E-state index in [2.05, 4.69) is 5.32 Å². The van der Waals surface area contributed by atoms with Gasteiger partial charge >= 0.3 is 29.6 Å². The normalized spacial score (nSPS) is 9.00.